The maximum absolute atomic E-state index is 13.0. The van der Waals surface area contributed by atoms with E-state index in [2.05, 4.69) is 34.0 Å². The van der Waals surface area contributed by atoms with Gasteiger partial charge in [-0.15, -0.1) is 11.3 Å². The average molecular weight is 374 g/mol. The first-order valence-electron chi connectivity index (χ1n) is 9.00. The number of aryl methyl sites for hydroxylation is 1. The summed E-state index contributed by atoms with van der Waals surface area (Å²) in [5.74, 6) is 0.763. The minimum Gasteiger partial charge on any atom is -0.370 e. The molecule has 26 heavy (non-hydrogen) atoms. The summed E-state index contributed by atoms with van der Waals surface area (Å²) in [7, 11) is 4.17. The molecule has 7 heteroatoms. The van der Waals surface area contributed by atoms with Gasteiger partial charge in [0.2, 0.25) is 0 Å². The molecule has 3 aromatic heterocycles. The molecule has 0 spiro atoms. The van der Waals surface area contributed by atoms with E-state index in [0.29, 0.717) is 17.9 Å². The maximum Gasteiger partial charge on any atom is 0.271 e. The predicted octanol–water partition coefficient (Wildman–Crippen LogP) is 1.31. The summed E-state index contributed by atoms with van der Waals surface area (Å²) in [6.45, 7) is 8.21. The Balaban J connectivity index is 1.89. The number of likely N-dealkylation sites (N-methyl/N-ethyl adjacent to an activating group) is 1. The molecule has 1 aliphatic rings. The topological polar surface area (TPSA) is 61.5 Å². The van der Waals surface area contributed by atoms with E-state index in [1.165, 1.54) is 16.2 Å². The minimum absolute atomic E-state index is 0.0475. The second-order valence-electron chi connectivity index (χ2n) is 8.02. The van der Waals surface area contributed by atoms with Crippen LogP contribution in [0.15, 0.2) is 10.9 Å². The minimum atomic E-state index is -0.194. The van der Waals surface area contributed by atoms with E-state index in [1.807, 2.05) is 6.92 Å². The summed E-state index contributed by atoms with van der Waals surface area (Å²) in [4.78, 5) is 24.9. The van der Waals surface area contributed by atoms with Crippen LogP contribution < -0.4 is 10.5 Å². The quantitative estimate of drug-likeness (QED) is 0.752. The Morgan fingerprint density at radius 1 is 1.35 bits per heavy atom. The van der Waals surface area contributed by atoms with Crippen molar-refractivity contribution in [2.75, 3.05) is 20.6 Å². The number of rotatable bonds is 3. The molecule has 4 rings (SSSR count). The van der Waals surface area contributed by atoms with E-state index >= 15 is 0 Å². The third-order valence-corrected chi connectivity index (χ3v) is 6.05. The SMILES string of the molecule is Cc1nc2c(sc3nc4c(cc32)COC(C)(C)C4)c(=O)n1CC[NH+](C)C. The largest absolute Gasteiger partial charge is 0.370 e. The van der Waals surface area contributed by atoms with Crippen LogP contribution in [0.25, 0.3) is 20.4 Å². The van der Waals surface area contributed by atoms with Crippen LogP contribution in [-0.4, -0.2) is 40.8 Å². The summed E-state index contributed by atoms with van der Waals surface area (Å²) in [5.41, 5.74) is 2.82. The van der Waals surface area contributed by atoms with Gasteiger partial charge in [0.15, 0.2) is 0 Å². The Kier molecular flexibility index (Phi) is 4.13. The number of nitrogens with one attached hydrogen (secondary N) is 1. The second kappa shape index (κ2) is 6.11. The molecule has 0 aromatic carbocycles. The smallest absolute Gasteiger partial charge is 0.271 e. The zero-order chi connectivity index (χ0) is 18.6. The highest BCUT2D eigenvalue weighted by Gasteiger charge is 2.28. The molecule has 0 atom stereocenters. The lowest BCUT2D eigenvalue weighted by molar-refractivity contribution is -0.858. The fourth-order valence-electron chi connectivity index (χ4n) is 3.44. The molecule has 3 aromatic rings. The van der Waals surface area contributed by atoms with Crippen molar-refractivity contribution in [2.24, 2.45) is 0 Å². The van der Waals surface area contributed by atoms with E-state index < -0.39 is 0 Å². The molecule has 4 heterocycles. The third kappa shape index (κ3) is 2.94. The first-order chi connectivity index (χ1) is 12.2. The van der Waals surface area contributed by atoms with E-state index in [1.54, 1.807) is 4.57 Å². The molecular weight excluding hydrogens is 348 g/mol. The molecule has 0 saturated heterocycles. The van der Waals surface area contributed by atoms with Gasteiger partial charge in [0.1, 0.15) is 15.4 Å². The first-order valence-corrected chi connectivity index (χ1v) is 9.82. The lowest BCUT2D eigenvalue weighted by atomic mass is 9.95. The van der Waals surface area contributed by atoms with Crippen molar-refractivity contribution in [3.05, 3.63) is 33.5 Å². The van der Waals surface area contributed by atoms with Gasteiger partial charge >= 0.3 is 0 Å². The number of hydrogen-bond acceptors (Lipinski definition) is 5. The molecule has 0 aliphatic carbocycles. The zero-order valence-corrected chi connectivity index (χ0v) is 16.8. The van der Waals surface area contributed by atoms with Crippen molar-refractivity contribution in [2.45, 2.75) is 45.9 Å². The van der Waals surface area contributed by atoms with Gasteiger partial charge in [-0.25, -0.2) is 9.97 Å². The Bertz CT molecular complexity index is 1070. The fourth-order valence-corrected chi connectivity index (χ4v) is 4.50. The van der Waals surface area contributed by atoms with Gasteiger partial charge in [-0.1, -0.05) is 0 Å². The number of quaternary nitrogens is 1. The molecule has 0 bridgehead atoms. The number of ether oxygens (including phenoxy) is 1. The Morgan fingerprint density at radius 3 is 2.85 bits per heavy atom. The third-order valence-electron chi connectivity index (χ3n) is 4.98. The van der Waals surface area contributed by atoms with E-state index in [0.717, 1.165) is 45.8 Å². The van der Waals surface area contributed by atoms with Crippen LogP contribution in [0.3, 0.4) is 0 Å². The van der Waals surface area contributed by atoms with Crippen molar-refractivity contribution in [1.29, 1.82) is 0 Å². The van der Waals surface area contributed by atoms with Crippen LogP contribution in [0, 0.1) is 6.92 Å². The summed E-state index contributed by atoms with van der Waals surface area (Å²) in [5, 5.41) is 0.970. The lowest BCUT2D eigenvalue weighted by Gasteiger charge is -2.30. The first kappa shape index (κ1) is 17.6. The Morgan fingerprint density at radius 2 is 2.12 bits per heavy atom. The Labute approximate surface area is 156 Å². The summed E-state index contributed by atoms with van der Waals surface area (Å²) < 4.78 is 8.42. The predicted molar refractivity (Wildman–Crippen MR) is 104 cm³/mol. The monoisotopic (exact) mass is 373 g/mol. The van der Waals surface area contributed by atoms with Crippen LogP contribution >= 0.6 is 11.3 Å². The number of pyridine rings is 1. The van der Waals surface area contributed by atoms with Gasteiger partial charge < -0.3 is 9.64 Å². The molecule has 0 amide bonds. The molecule has 6 nitrogen and oxygen atoms in total. The number of fused-ring (bicyclic) bond motifs is 4. The molecule has 0 radical (unpaired) electrons. The van der Waals surface area contributed by atoms with Crippen molar-refractivity contribution in [3.63, 3.8) is 0 Å². The van der Waals surface area contributed by atoms with Gasteiger partial charge in [0.25, 0.3) is 5.56 Å². The van der Waals surface area contributed by atoms with Crippen LogP contribution in [-0.2, 0) is 24.3 Å². The van der Waals surface area contributed by atoms with Crippen molar-refractivity contribution < 1.29 is 9.64 Å². The molecule has 0 fully saturated rings. The highest BCUT2D eigenvalue weighted by molar-refractivity contribution is 7.25. The van der Waals surface area contributed by atoms with Crippen LogP contribution in [0.5, 0.6) is 0 Å². The van der Waals surface area contributed by atoms with Crippen molar-refractivity contribution >= 4 is 31.8 Å². The molecular formula is C19H25N4O2S+. The zero-order valence-electron chi connectivity index (χ0n) is 16.0. The van der Waals surface area contributed by atoms with Crippen LogP contribution in [0.1, 0.15) is 30.9 Å². The standard InChI is InChI=1S/C19H24N4O2S/c1-11-20-15-13-8-12-10-25-19(2,3)9-14(12)21-17(13)26-16(15)18(24)23(11)7-6-22(4)5/h8H,6-7,9-10H2,1-5H3/p+1. The summed E-state index contributed by atoms with van der Waals surface area (Å²) in [6, 6.07) is 2.12. The molecule has 138 valence electrons. The highest BCUT2D eigenvalue weighted by Crippen LogP contribution is 2.34. The lowest BCUT2D eigenvalue weighted by Crippen LogP contribution is -3.06. The van der Waals surface area contributed by atoms with E-state index in [-0.39, 0.29) is 11.2 Å². The highest BCUT2D eigenvalue weighted by atomic mass is 32.1. The van der Waals surface area contributed by atoms with E-state index in [9.17, 15) is 4.79 Å². The molecule has 0 unspecified atom stereocenters. The Hall–Kier alpha value is -1.83. The van der Waals surface area contributed by atoms with Crippen LogP contribution in [0.4, 0.5) is 0 Å². The molecule has 0 saturated carbocycles. The number of aromatic nitrogens is 3. The fraction of sp³-hybridized carbons (Fsp3) is 0.526. The summed E-state index contributed by atoms with van der Waals surface area (Å²) in [6.07, 6.45) is 0.787. The molecule has 1 aliphatic heterocycles. The van der Waals surface area contributed by atoms with Crippen LogP contribution in [0.2, 0.25) is 0 Å². The summed E-state index contributed by atoms with van der Waals surface area (Å²) >= 11 is 1.46. The maximum atomic E-state index is 13.0. The van der Waals surface area contributed by atoms with E-state index in [4.69, 9.17) is 14.7 Å². The van der Waals surface area contributed by atoms with Crippen molar-refractivity contribution in [1.82, 2.24) is 14.5 Å². The molecule has 1 N–H and O–H groups in total. The van der Waals surface area contributed by atoms with Gasteiger partial charge in [0.05, 0.1) is 50.6 Å². The van der Waals surface area contributed by atoms with Crippen molar-refractivity contribution in [3.8, 4) is 0 Å². The second-order valence-corrected chi connectivity index (χ2v) is 9.02. The number of hydrogen-bond donors (Lipinski definition) is 1. The normalized spacial score (nSPS) is 16.5. The average Bonchev–Trinajstić information content (AvgIpc) is 2.89. The van der Waals surface area contributed by atoms with Gasteiger partial charge in [-0.05, 0) is 26.8 Å². The number of nitrogens with zero attached hydrogens (tertiary/aromatic N) is 3. The van der Waals surface area contributed by atoms with Gasteiger partial charge in [-0.3, -0.25) is 9.36 Å². The van der Waals surface area contributed by atoms with Gasteiger partial charge in [-0.2, -0.15) is 0 Å². The van der Waals surface area contributed by atoms with Gasteiger partial charge in [0, 0.05) is 17.4 Å². The number of thiophene rings is 1.